The van der Waals surface area contributed by atoms with Crippen LogP contribution in [-0.2, 0) is 0 Å². The van der Waals surface area contributed by atoms with E-state index in [9.17, 15) is 4.39 Å². The molecule has 1 heterocycles. The van der Waals surface area contributed by atoms with Gasteiger partial charge in [-0.25, -0.2) is 4.39 Å². The first-order chi connectivity index (χ1) is 8.24. The Balaban J connectivity index is 0.00000162. The maximum atomic E-state index is 14.0. The molecule has 1 aliphatic rings. The largest absolute Gasteiger partial charge is 0.314 e. The summed E-state index contributed by atoms with van der Waals surface area (Å²) >= 11 is 5.85. The van der Waals surface area contributed by atoms with E-state index in [1.54, 1.807) is 6.07 Å². The number of rotatable bonds is 3. The van der Waals surface area contributed by atoms with Crippen molar-refractivity contribution in [3.05, 3.63) is 34.6 Å². The maximum Gasteiger partial charge on any atom is 0.146 e. The summed E-state index contributed by atoms with van der Waals surface area (Å²) in [5.74, 6) is -0.264. The quantitative estimate of drug-likeness (QED) is 0.910. The highest BCUT2D eigenvalue weighted by atomic mass is 35.5. The van der Waals surface area contributed by atoms with Gasteiger partial charge in [-0.2, -0.15) is 0 Å². The minimum Gasteiger partial charge on any atom is -0.314 e. The molecule has 0 saturated carbocycles. The van der Waals surface area contributed by atoms with Gasteiger partial charge in [-0.3, -0.25) is 4.90 Å². The third-order valence-corrected chi connectivity index (χ3v) is 3.61. The van der Waals surface area contributed by atoms with Gasteiger partial charge in [0.05, 0.1) is 5.02 Å². The van der Waals surface area contributed by atoms with E-state index in [2.05, 4.69) is 17.1 Å². The van der Waals surface area contributed by atoms with Crippen molar-refractivity contribution >= 4 is 36.4 Å². The molecule has 0 unspecified atom stereocenters. The van der Waals surface area contributed by atoms with Crippen LogP contribution in [0.2, 0.25) is 5.02 Å². The Kier molecular flexibility index (Phi) is 8.95. The Morgan fingerprint density at radius 3 is 2.53 bits per heavy atom. The fraction of sp³-hybridized carbons (Fsp3) is 0.538. The Labute approximate surface area is 131 Å². The Bertz CT molecular complexity index is 384. The average Bonchev–Trinajstić information content (AvgIpc) is 2.37. The van der Waals surface area contributed by atoms with Gasteiger partial charge in [0, 0.05) is 37.8 Å². The lowest BCUT2D eigenvalue weighted by Crippen LogP contribution is -2.45. The predicted molar refractivity (Wildman–Crippen MR) is 83.4 cm³/mol. The van der Waals surface area contributed by atoms with Gasteiger partial charge in [0.1, 0.15) is 5.82 Å². The lowest BCUT2D eigenvalue weighted by atomic mass is 10.0. The van der Waals surface area contributed by atoms with E-state index < -0.39 is 0 Å². The molecule has 1 N–H and O–H groups in total. The Morgan fingerprint density at radius 2 is 1.95 bits per heavy atom. The number of benzene rings is 1. The lowest BCUT2D eigenvalue weighted by molar-refractivity contribution is 0.166. The molecule has 1 aromatic rings. The lowest BCUT2D eigenvalue weighted by Gasteiger charge is -2.34. The van der Waals surface area contributed by atoms with Crippen molar-refractivity contribution in [3.63, 3.8) is 0 Å². The van der Waals surface area contributed by atoms with E-state index in [0.29, 0.717) is 0 Å². The first-order valence-corrected chi connectivity index (χ1v) is 6.50. The SMILES string of the molecule is CC[C@@H](c1cccc(Cl)c1F)N1CCNCC1.Cl.Cl. The van der Waals surface area contributed by atoms with E-state index in [0.717, 1.165) is 38.2 Å². The van der Waals surface area contributed by atoms with Crippen LogP contribution in [0.5, 0.6) is 0 Å². The predicted octanol–water partition coefficient (Wildman–Crippen LogP) is 3.68. The molecule has 0 bridgehead atoms. The second-order valence-electron chi connectivity index (χ2n) is 4.35. The van der Waals surface area contributed by atoms with E-state index in [-0.39, 0.29) is 41.7 Å². The number of nitrogens with one attached hydrogen (secondary N) is 1. The van der Waals surface area contributed by atoms with Crippen molar-refractivity contribution in [1.29, 1.82) is 0 Å². The average molecular weight is 330 g/mol. The third-order valence-electron chi connectivity index (χ3n) is 3.32. The highest BCUT2D eigenvalue weighted by Crippen LogP contribution is 2.29. The summed E-state index contributed by atoms with van der Waals surface area (Å²) in [6.45, 7) is 5.96. The summed E-state index contributed by atoms with van der Waals surface area (Å²) < 4.78 is 14.0. The van der Waals surface area contributed by atoms with Crippen molar-refractivity contribution in [1.82, 2.24) is 10.2 Å². The zero-order chi connectivity index (χ0) is 12.3. The van der Waals surface area contributed by atoms with E-state index >= 15 is 0 Å². The fourth-order valence-electron chi connectivity index (χ4n) is 2.45. The van der Waals surface area contributed by atoms with Gasteiger partial charge in [0.25, 0.3) is 0 Å². The van der Waals surface area contributed by atoms with E-state index in [1.165, 1.54) is 0 Å². The van der Waals surface area contributed by atoms with E-state index in [4.69, 9.17) is 11.6 Å². The molecule has 2 rings (SSSR count). The normalized spacial score (nSPS) is 17.2. The highest BCUT2D eigenvalue weighted by Gasteiger charge is 2.23. The molecular formula is C13H20Cl3FN2. The molecule has 1 saturated heterocycles. The van der Waals surface area contributed by atoms with Crippen LogP contribution >= 0.6 is 36.4 Å². The molecule has 1 fully saturated rings. The zero-order valence-corrected chi connectivity index (χ0v) is 13.3. The molecule has 1 aromatic carbocycles. The van der Waals surface area contributed by atoms with Gasteiger partial charge in [0.15, 0.2) is 0 Å². The molecule has 0 amide bonds. The molecule has 1 atom stereocenters. The van der Waals surface area contributed by atoms with Crippen molar-refractivity contribution < 1.29 is 4.39 Å². The smallest absolute Gasteiger partial charge is 0.146 e. The monoisotopic (exact) mass is 328 g/mol. The van der Waals surface area contributed by atoms with Crippen molar-refractivity contribution in [3.8, 4) is 0 Å². The van der Waals surface area contributed by atoms with E-state index in [1.807, 2.05) is 12.1 Å². The van der Waals surface area contributed by atoms with Crippen molar-refractivity contribution in [2.75, 3.05) is 26.2 Å². The topological polar surface area (TPSA) is 15.3 Å². The van der Waals surface area contributed by atoms with Gasteiger partial charge in [-0.15, -0.1) is 24.8 Å². The number of halogens is 4. The summed E-state index contributed by atoms with van der Waals surface area (Å²) in [6, 6.07) is 5.41. The van der Waals surface area contributed by atoms with Crippen LogP contribution in [0.4, 0.5) is 4.39 Å². The summed E-state index contributed by atoms with van der Waals surface area (Å²) in [4.78, 5) is 2.32. The second kappa shape index (κ2) is 8.98. The standard InChI is InChI=1S/C13H18ClFN2.2ClH/c1-2-12(17-8-6-16-7-9-17)10-4-3-5-11(14)13(10)15;;/h3-5,12,16H,2,6-9H2,1H3;2*1H/t12-;;/m0../s1. The molecule has 19 heavy (non-hydrogen) atoms. The molecular weight excluding hydrogens is 310 g/mol. The molecule has 0 spiro atoms. The Hall–Kier alpha value is -0.0600. The highest BCUT2D eigenvalue weighted by molar-refractivity contribution is 6.30. The second-order valence-corrected chi connectivity index (χ2v) is 4.76. The minimum atomic E-state index is -0.264. The van der Waals surface area contributed by atoms with Crippen LogP contribution in [0.15, 0.2) is 18.2 Å². The molecule has 2 nitrogen and oxygen atoms in total. The fourth-order valence-corrected chi connectivity index (χ4v) is 2.63. The minimum absolute atomic E-state index is 0. The van der Waals surface area contributed by atoms with Gasteiger partial charge in [0.2, 0.25) is 0 Å². The molecule has 110 valence electrons. The van der Waals surface area contributed by atoms with Gasteiger partial charge in [-0.05, 0) is 12.5 Å². The van der Waals surface area contributed by atoms with Crippen LogP contribution in [0.3, 0.4) is 0 Å². The first kappa shape index (κ1) is 18.9. The van der Waals surface area contributed by atoms with Crippen LogP contribution < -0.4 is 5.32 Å². The number of nitrogens with zero attached hydrogens (tertiary/aromatic N) is 1. The van der Waals surface area contributed by atoms with Crippen LogP contribution in [-0.4, -0.2) is 31.1 Å². The number of hydrogen-bond acceptors (Lipinski definition) is 2. The van der Waals surface area contributed by atoms with Crippen LogP contribution in [0.25, 0.3) is 0 Å². The summed E-state index contributed by atoms with van der Waals surface area (Å²) in [7, 11) is 0. The number of piperazine rings is 1. The van der Waals surface area contributed by atoms with Gasteiger partial charge >= 0.3 is 0 Å². The Morgan fingerprint density at radius 1 is 1.32 bits per heavy atom. The molecule has 1 aliphatic heterocycles. The number of hydrogen-bond donors (Lipinski definition) is 1. The first-order valence-electron chi connectivity index (χ1n) is 6.12. The summed E-state index contributed by atoms with van der Waals surface area (Å²) in [5.41, 5.74) is 0.724. The maximum absolute atomic E-state index is 14.0. The molecule has 0 radical (unpaired) electrons. The summed E-state index contributed by atoms with van der Waals surface area (Å²) in [6.07, 6.45) is 0.900. The van der Waals surface area contributed by atoms with Crippen molar-refractivity contribution in [2.24, 2.45) is 0 Å². The molecule has 0 aromatic heterocycles. The van der Waals surface area contributed by atoms with Crippen molar-refractivity contribution in [2.45, 2.75) is 19.4 Å². The van der Waals surface area contributed by atoms with Crippen LogP contribution in [0.1, 0.15) is 24.9 Å². The van der Waals surface area contributed by atoms with Gasteiger partial charge < -0.3 is 5.32 Å². The van der Waals surface area contributed by atoms with Crippen LogP contribution in [0, 0.1) is 5.82 Å². The molecule has 0 aliphatic carbocycles. The zero-order valence-electron chi connectivity index (χ0n) is 10.9. The summed E-state index contributed by atoms with van der Waals surface area (Å²) in [5, 5.41) is 3.53. The third kappa shape index (κ3) is 4.47. The molecule has 6 heteroatoms. The van der Waals surface area contributed by atoms with Gasteiger partial charge in [-0.1, -0.05) is 30.7 Å².